The summed E-state index contributed by atoms with van der Waals surface area (Å²) >= 11 is 0. The van der Waals surface area contributed by atoms with Crippen molar-refractivity contribution in [2.75, 3.05) is 6.54 Å². The average molecular weight is 480 g/mol. The fraction of sp³-hybridized carbons (Fsp3) is 0.360. The van der Waals surface area contributed by atoms with Gasteiger partial charge in [-0.25, -0.2) is 23.1 Å². The van der Waals surface area contributed by atoms with Crippen molar-refractivity contribution in [3.8, 4) is 0 Å². The fourth-order valence-corrected chi connectivity index (χ4v) is 4.45. The van der Waals surface area contributed by atoms with Crippen molar-refractivity contribution in [1.29, 1.82) is 0 Å². The van der Waals surface area contributed by atoms with Gasteiger partial charge in [0.2, 0.25) is 0 Å². The van der Waals surface area contributed by atoms with E-state index in [0.29, 0.717) is 13.1 Å². The Bertz CT molecular complexity index is 1290. The minimum atomic E-state index is -1.66. The molecule has 1 aliphatic carbocycles. The van der Waals surface area contributed by atoms with Crippen LogP contribution in [-0.2, 0) is 25.2 Å². The molecule has 1 saturated carbocycles. The van der Waals surface area contributed by atoms with Gasteiger partial charge in [-0.1, -0.05) is 41.1 Å². The minimum Gasteiger partial charge on any atom is -0.382 e. The number of hydrogen-bond acceptors (Lipinski definition) is 6. The predicted molar refractivity (Wildman–Crippen MR) is 124 cm³/mol. The number of benzene rings is 2. The van der Waals surface area contributed by atoms with Crippen LogP contribution in [0.15, 0.2) is 61.3 Å². The van der Waals surface area contributed by atoms with Crippen molar-refractivity contribution in [3.63, 3.8) is 0 Å². The lowest BCUT2D eigenvalue weighted by Crippen LogP contribution is -2.45. The van der Waals surface area contributed by atoms with Crippen LogP contribution in [0.1, 0.15) is 35.2 Å². The zero-order chi connectivity index (χ0) is 24.4. The Kier molecular flexibility index (Phi) is 6.40. The quantitative estimate of drug-likeness (QED) is 0.376. The lowest BCUT2D eigenvalue weighted by Gasteiger charge is -2.34. The molecular weight excluding hydrogens is 452 g/mol. The molecule has 10 heteroatoms. The summed E-state index contributed by atoms with van der Waals surface area (Å²) < 4.78 is 31.7. The van der Waals surface area contributed by atoms with Crippen molar-refractivity contribution in [3.05, 3.63) is 95.3 Å². The SMILES string of the molecule is Cc1cccc(Cn2cc(CN(CC(O)(Cn3cncn3)c3ccc(F)cc3F)C3CC3)nn2)c1. The van der Waals surface area contributed by atoms with Crippen LogP contribution in [0.25, 0.3) is 0 Å². The fourth-order valence-electron chi connectivity index (χ4n) is 4.45. The predicted octanol–water partition coefficient (Wildman–Crippen LogP) is 3.06. The first-order valence-corrected chi connectivity index (χ1v) is 11.6. The van der Waals surface area contributed by atoms with Gasteiger partial charge in [-0.15, -0.1) is 5.10 Å². The number of aryl methyl sites for hydroxylation is 1. The van der Waals surface area contributed by atoms with Crippen LogP contribution < -0.4 is 0 Å². The molecule has 1 aliphatic rings. The molecule has 182 valence electrons. The molecule has 4 aromatic rings. The zero-order valence-electron chi connectivity index (χ0n) is 19.4. The van der Waals surface area contributed by atoms with E-state index in [9.17, 15) is 13.9 Å². The van der Waals surface area contributed by atoms with Gasteiger partial charge in [0.05, 0.1) is 25.0 Å². The van der Waals surface area contributed by atoms with Gasteiger partial charge in [-0.3, -0.25) is 4.90 Å². The topological polar surface area (TPSA) is 84.9 Å². The van der Waals surface area contributed by atoms with E-state index in [1.165, 1.54) is 29.0 Å². The van der Waals surface area contributed by atoms with Gasteiger partial charge in [0.15, 0.2) is 0 Å². The molecule has 1 unspecified atom stereocenters. The largest absolute Gasteiger partial charge is 0.382 e. The maximum absolute atomic E-state index is 14.8. The van der Waals surface area contributed by atoms with Crippen LogP contribution in [-0.4, -0.2) is 52.4 Å². The molecule has 8 nitrogen and oxygen atoms in total. The van der Waals surface area contributed by atoms with Crippen LogP contribution in [0.3, 0.4) is 0 Å². The number of nitrogens with zero attached hydrogens (tertiary/aromatic N) is 7. The summed E-state index contributed by atoms with van der Waals surface area (Å²) in [4.78, 5) is 6.01. The third-order valence-electron chi connectivity index (χ3n) is 6.23. The summed E-state index contributed by atoms with van der Waals surface area (Å²) in [6, 6.07) is 11.7. The van der Waals surface area contributed by atoms with Crippen LogP contribution in [0.5, 0.6) is 0 Å². The van der Waals surface area contributed by atoms with Crippen LogP contribution in [0.4, 0.5) is 8.78 Å². The van der Waals surface area contributed by atoms with E-state index in [0.717, 1.165) is 36.2 Å². The summed E-state index contributed by atoms with van der Waals surface area (Å²) in [5.74, 6) is -1.49. The summed E-state index contributed by atoms with van der Waals surface area (Å²) in [6.45, 7) is 3.19. The van der Waals surface area contributed by atoms with Gasteiger partial charge in [-0.05, 0) is 31.4 Å². The van der Waals surface area contributed by atoms with Crippen molar-refractivity contribution < 1.29 is 13.9 Å². The number of hydrogen-bond donors (Lipinski definition) is 1. The molecule has 0 spiro atoms. The smallest absolute Gasteiger partial charge is 0.137 e. The van der Waals surface area contributed by atoms with E-state index in [1.807, 2.05) is 31.3 Å². The van der Waals surface area contributed by atoms with Gasteiger partial charge >= 0.3 is 0 Å². The van der Waals surface area contributed by atoms with Gasteiger partial charge in [0, 0.05) is 30.8 Å². The van der Waals surface area contributed by atoms with Crippen LogP contribution in [0, 0.1) is 18.6 Å². The highest BCUT2D eigenvalue weighted by Gasteiger charge is 2.40. The molecule has 0 radical (unpaired) electrons. The Balaban J connectivity index is 1.37. The molecule has 2 aromatic heterocycles. The first kappa shape index (κ1) is 23.3. The van der Waals surface area contributed by atoms with Crippen molar-refractivity contribution in [2.45, 2.75) is 51.0 Å². The van der Waals surface area contributed by atoms with Gasteiger partial charge in [0.1, 0.15) is 29.9 Å². The average Bonchev–Trinajstić information content (AvgIpc) is 3.37. The molecule has 2 aromatic carbocycles. The number of aliphatic hydroxyl groups is 1. The normalized spacial score (nSPS) is 15.5. The number of rotatable bonds is 10. The molecule has 1 fully saturated rings. The Morgan fingerprint density at radius 1 is 1.14 bits per heavy atom. The lowest BCUT2D eigenvalue weighted by molar-refractivity contribution is -0.0262. The van der Waals surface area contributed by atoms with E-state index < -0.39 is 17.2 Å². The summed E-state index contributed by atoms with van der Waals surface area (Å²) in [7, 11) is 0. The molecule has 1 N–H and O–H groups in total. The van der Waals surface area contributed by atoms with Crippen LogP contribution >= 0.6 is 0 Å². The zero-order valence-corrected chi connectivity index (χ0v) is 19.4. The van der Waals surface area contributed by atoms with Crippen molar-refractivity contribution in [2.24, 2.45) is 0 Å². The maximum Gasteiger partial charge on any atom is 0.137 e. The van der Waals surface area contributed by atoms with Gasteiger partial charge in [0.25, 0.3) is 0 Å². The van der Waals surface area contributed by atoms with E-state index in [4.69, 9.17) is 0 Å². The molecule has 0 bridgehead atoms. The Labute approximate surface area is 201 Å². The van der Waals surface area contributed by atoms with E-state index in [-0.39, 0.29) is 24.7 Å². The first-order chi connectivity index (χ1) is 16.9. The second kappa shape index (κ2) is 9.63. The highest BCUT2D eigenvalue weighted by Crippen LogP contribution is 2.34. The molecule has 0 amide bonds. The molecule has 0 aliphatic heterocycles. The molecule has 35 heavy (non-hydrogen) atoms. The van der Waals surface area contributed by atoms with E-state index in [1.54, 1.807) is 4.68 Å². The summed E-state index contributed by atoms with van der Waals surface area (Å²) in [5.41, 5.74) is 1.43. The van der Waals surface area contributed by atoms with Crippen molar-refractivity contribution >= 4 is 0 Å². The van der Waals surface area contributed by atoms with E-state index >= 15 is 0 Å². The highest BCUT2D eigenvalue weighted by molar-refractivity contribution is 5.26. The Morgan fingerprint density at radius 2 is 2.00 bits per heavy atom. The Morgan fingerprint density at radius 3 is 2.71 bits per heavy atom. The summed E-state index contributed by atoms with van der Waals surface area (Å²) in [6.07, 6.45) is 6.66. The van der Waals surface area contributed by atoms with Gasteiger partial charge < -0.3 is 5.11 Å². The first-order valence-electron chi connectivity index (χ1n) is 11.6. The molecular formula is C25H27F2N7O. The third-order valence-corrected chi connectivity index (χ3v) is 6.23. The maximum atomic E-state index is 14.8. The second-order valence-electron chi connectivity index (χ2n) is 9.28. The standard InChI is InChI=1S/C25H27F2N7O/c1-18-3-2-4-19(9-18)11-33-13-21(30-31-33)12-32(22-6-7-22)14-25(35,15-34-17-28-16-29-34)23-8-5-20(26)10-24(23)27/h2-5,8-10,13,16-17,22,35H,6-7,11-12,14-15H2,1H3. The number of halogens is 2. The molecule has 1 atom stereocenters. The Hall–Kier alpha value is -3.50. The highest BCUT2D eigenvalue weighted by atomic mass is 19.1. The summed E-state index contributed by atoms with van der Waals surface area (Å²) in [5, 5.41) is 24.4. The number of aromatic nitrogens is 6. The lowest BCUT2D eigenvalue weighted by atomic mass is 9.92. The van der Waals surface area contributed by atoms with E-state index in [2.05, 4.69) is 31.4 Å². The molecule has 0 saturated heterocycles. The van der Waals surface area contributed by atoms with Gasteiger partial charge in [-0.2, -0.15) is 5.10 Å². The molecule has 2 heterocycles. The minimum absolute atomic E-state index is 0.0168. The van der Waals surface area contributed by atoms with Crippen LogP contribution in [0.2, 0.25) is 0 Å². The monoisotopic (exact) mass is 479 g/mol. The molecule has 5 rings (SSSR count). The second-order valence-corrected chi connectivity index (χ2v) is 9.28. The van der Waals surface area contributed by atoms with Crippen molar-refractivity contribution in [1.82, 2.24) is 34.7 Å². The third kappa shape index (κ3) is 5.60.